The van der Waals surface area contributed by atoms with Gasteiger partial charge in [-0.3, -0.25) is 4.79 Å². The van der Waals surface area contributed by atoms with Gasteiger partial charge in [0.15, 0.2) is 0 Å². The van der Waals surface area contributed by atoms with Crippen molar-refractivity contribution in [3.8, 4) is 0 Å². The lowest BCUT2D eigenvalue weighted by molar-refractivity contribution is -0.131. The van der Waals surface area contributed by atoms with Crippen LogP contribution in [0.4, 0.5) is 4.39 Å². The van der Waals surface area contributed by atoms with E-state index in [4.69, 9.17) is 5.73 Å². The summed E-state index contributed by atoms with van der Waals surface area (Å²) in [4.78, 5) is 14.0. The summed E-state index contributed by atoms with van der Waals surface area (Å²) in [6.45, 7) is 0. The molecule has 0 unspecified atom stereocenters. The van der Waals surface area contributed by atoms with E-state index in [1.165, 1.54) is 12.1 Å². The second kappa shape index (κ2) is 6.15. The number of carbonyl (C=O) groups is 1. The zero-order valence-corrected chi connectivity index (χ0v) is 11.3. The molecular weight excluding hydrogens is 243 g/mol. The molecule has 0 aliphatic heterocycles. The maximum atomic E-state index is 12.8. The Morgan fingerprint density at radius 2 is 1.84 bits per heavy atom. The van der Waals surface area contributed by atoms with E-state index in [-0.39, 0.29) is 17.8 Å². The topological polar surface area (TPSA) is 46.3 Å². The highest BCUT2D eigenvalue weighted by Gasteiger charge is 2.24. The van der Waals surface area contributed by atoms with Gasteiger partial charge in [-0.05, 0) is 43.4 Å². The van der Waals surface area contributed by atoms with E-state index in [1.54, 1.807) is 12.1 Å². The average molecular weight is 264 g/mol. The van der Waals surface area contributed by atoms with E-state index in [0.717, 1.165) is 31.2 Å². The van der Waals surface area contributed by atoms with Gasteiger partial charge in [0, 0.05) is 19.1 Å². The summed E-state index contributed by atoms with van der Waals surface area (Å²) in [6.07, 6.45) is 4.26. The average Bonchev–Trinajstić information content (AvgIpc) is 2.41. The summed E-state index contributed by atoms with van der Waals surface area (Å²) in [7, 11) is 1.85. The van der Waals surface area contributed by atoms with Gasteiger partial charge in [-0.1, -0.05) is 12.1 Å². The molecule has 1 aromatic rings. The van der Waals surface area contributed by atoms with E-state index < -0.39 is 0 Å². The van der Waals surface area contributed by atoms with Crippen LogP contribution in [0.1, 0.15) is 31.2 Å². The lowest BCUT2D eigenvalue weighted by Crippen LogP contribution is -2.42. The van der Waals surface area contributed by atoms with Gasteiger partial charge in [0.1, 0.15) is 5.82 Å². The fraction of sp³-hybridized carbons (Fsp3) is 0.533. The molecule has 104 valence electrons. The van der Waals surface area contributed by atoms with Crippen LogP contribution in [0.2, 0.25) is 0 Å². The highest BCUT2D eigenvalue weighted by atomic mass is 19.1. The predicted molar refractivity (Wildman–Crippen MR) is 73.1 cm³/mol. The zero-order chi connectivity index (χ0) is 13.8. The van der Waals surface area contributed by atoms with Crippen LogP contribution in [-0.4, -0.2) is 29.9 Å². The molecular formula is C15H21FN2O. The Bertz CT molecular complexity index is 424. The third-order valence-electron chi connectivity index (χ3n) is 3.95. The molecule has 0 aromatic heterocycles. The first-order valence-electron chi connectivity index (χ1n) is 6.82. The largest absolute Gasteiger partial charge is 0.342 e. The van der Waals surface area contributed by atoms with Gasteiger partial charge in [0.25, 0.3) is 0 Å². The maximum Gasteiger partial charge on any atom is 0.226 e. The van der Waals surface area contributed by atoms with Crippen LogP contribution in [0.15, 0.2) is 24.3 Å². The number of carbonyl (C=O) groups excluding carboxylic acids is 1. The summed E-state index contributed by atoms with van der Waals surface area (Å²) < 4.78 is 12.8. The van der Waals surface area contributed by atoms with Crippen molar-refractivity contribution in [1.29, 1.82) is 0 Å². The minimum absolute atomic E-state index is 0.0899. The second-order valence-corrected chi connectivity index (χ2v) is 5.38. The van der Waals surface area contributed by atoms with E-state index in [9.17, 15) is 9.18 Å². The molecule has 2 rings (SSSR count). The molecule has 0 saturated heterocycles. The van der Waals surface area contributed by atoms with Crippen LogP contribution in [-0.2, 0) is 11.2 Å². The van der Waals surface area contributed by atoms with Crippen LogP contribution in [0.3, 0.4) is 0 Å². The Morgan fingerprint density at radius 1 is 1.26 bits per heavy atom. The first kappa shape index (κ1) is 14.0. The van der Waals surface area contributed by atoms with Crippen molar-refractivity contribution in [3.05, 3.63) is 35.6 Å². The summed E-state index contributed by atoms with van der Waals surface area (Å²) in [5.74, 6) is -0.182. The van der Waals surface area contributed by atoms with E-state index in [2.05, 4.69) is 0 Å². The number of nitrogens with two attached hydrogens (primary N) is 1. The quantitative estimate of drug-likeness (QED) is 0.908. The van der Waals surface area contributed by atoms with Crippen molar-refractivity contribution in [2.75, 3.05) is 7.05 Å². The van der Waals surface area contributed by atoms with Gasteiger partial charge in [0.2, 0.25) is 5.91 Å². The van der Waals surface area contributed by atoms with Crippen LogP contribution >= 0.6 is 0 Å². The molecule has 4 heteroatoms. The number of hydrogen-bond donors (Lipinski definition) is 1. The van der Waals surface area contributed by atoms with Crippen LogP contribution in [0.5, 0.6) is 0 Å². The Balaban J connectivity index is 1.90. The monoisotopic (exact) mass is 264 g/mol. The smallest absolute Gasteiger partial charge is 0.226 e. The fourth-order valence-corrected chi connectivity index (χ4v) is 2.59. The normalized spacial score (nSPS) is 23.1. The molecule has 0 atom stereocenters. The van der Waals surface area contributed by atoms with Crippen LogP contribution in [0.25, 0.3) is 0 Å². The Kier molecular flexibility index (Phi) is 4.53. The summed E-state index contributed by atoms with van der Waals surface area (Å²) >= 11 is 0. The van der Waals surface area contributed by atoms with Gasteiger partial charge in [-0.15, -0.1) is 0 Å². The van der Waals surface area contributed by atoms with Crippen molar-refractivity contribution < 1.29 is 9.18 Å². The molecule has 1 saturated carbocycles. The van der Waals surface area contributed by atoms with Crippen molar-refractivity contribution in [2.45, 2.75) is 44.2 Å². The standard InChI is InChI=1S/C15H21FN2O/c1-18(14-8-6-13(17)7-9-14)15(19)10-11-2-4-12(16)5-3-11/h2-5,13-14H,6-10,17H2,1H3. The predicted octanol–water partition coefficient (Wildman–Crippen LogP) is 2.10. The minimum Gasteiger partial charge on any atom is -0.342 e. The lowest BCUT2D eigenvalue weighted by Gasteiger charge is -2.33. The number of hydrogen-bond acceptors (Lipinski definition) is 2. The zero-order valence-electron chi connectivity index (χ0n) is 11.3. The number of amides is 1. The van der Waals surface area contributed by atoms with Crippen LogP contribution < -0.4 is 5.73 Å². The van der Waals surface area contributed by atoms with Gasteiger partial charge in [-0.2, -0.15) is 0 Å². The molecule has 3 nitrogen and oxygen atoms in total. The number of benzene rings is 1. The van der Waals surface area contributed by atoms with E-state index >= 15 is 0 Å². The van der Waals surface area contributed by atoms with Crippen molar-refractivity contribution >= 4 is 5.91 Å². The molecule has 1 aromatic carbocycles. The van der Waals surface area contributed by atoms with Gasteiger partial charge < -0.3 is 10.6 Å². The molecule has 1 aliphatic rings. The maximum absolute atomic E-state index is 12.8. The first-order valence-corrected chi connectivity index (χ1v) is 6.82. The molecule has 0 spiro atoms. The fourth-order valence-electron chi connectivity index (χ4n) is 2.59. The molecule has 0 bridgehead atoms. The number of rotatable bonds is 3. The number of nitrogens with zero attached hydrogens (tertiary/aromatic N) is 1. The Morgan fingerprint density at radius 3 is 2.42 bits per heavy atom. The SMILES string of the molecule is CN(C(=O)Cc1ccc(F)cc1)C1CCC(N)CC1. The van der Waals surface area contributed by atoms with Crippen molar-refractivity contribution in [3.63, 3.8) is 0 Å². The molecule has 19 heavy (non-hydrogen) atoms. The van der Waals surface area contributed by atoms with E-state index in [0.29, 0.717) is 12.5 Å². The Labute approximate surface area is 113 Å². The summed E-state index contributed by atoms with van der Waals surface area (Å²) in [5.41, 5.74) is 6.72. The third-order valence-corrected chi connectivity index (χ3v) is 3.95. The van der Waals surface area contributed by atoms with Gasteiger partial charge >= 0.3 is 0 Å². The third kappa shape index (κ3) is 3.77. The van der Waals surface area contributed by atoms with Crippen molar-refractivity contribution in [2.24, 2.45) is 5.73 Å². The molecule has 1 aliphatic carbocycles. The highest BCUT2D eigenvalue weighted by molar-refractivity contribution is 5.78. The van der Waals surface area contributed by atoms with Crippen LogP contribution in [0, 0.1) is 5.82 Å². The molecule has 0 heterocycles. The lowest BCUT2D eigenvalue weighted by atomic mass is 9.91. The summed E-state index contributed by atoms with van der Waals surface area (Å²) in [5, 5.41) is 0. The van der Waals surface area contributed by atoms with Gasteiger partial charge in [0.05, 0.1) is 6.42 Å². The van der Waals surface area contributed by atoms with E-state index in [1.807, 2.05) is 11.9 Å². The first-order chi connectivity index (χ1) is 9.06. The number of halogens is 1. The molecule has 1 fully saturated rings. The minimum atomic E-state index is -0.272. The Hall–Kier alpha value is -1.42. The van der Waals surface area contributed by atoms with Gasteiger partial charge in [-0.25, -0.2) is 4.39 Å². The van der Waals surface area contributed by atoms with Crippen molar-refractivity contribution in [1.82, 2.24) is 4.90 Å². The second-order valence-electron chi connectivity index (χ2n) is 5.38. The summed E-state index contributed by atoms with van der Waals surface area (Å²) in [6, 6.07) is 6.70. The highest BCUT2D eigenvalue weighted by Crippen LogP contribution is 2.21. The molecule has 2 N–H and O–H groups in total. The number of likely N-dealkylation sites (N-methyl/N-ethyl adjacent to an activating group) is 1. The molecule has 1 amide bonds. The molecule has 0 radical (unpaired) electrons.